The van der Waals surface area contributed by atoms with Crippen molar-refractivity contribution in [2.45, 2.75) is 44.1 Å². The number of alkyl halides is 2. The minimum absolute atomic E-state index is 0.170. The Morgan fingerprint density at radius 1 is 1.03 bits per heavy atom. The van der Waals surface area contributed by atoms with Gasteiger partial charge in [0.15, 0.2) is 11.6 Å². The van der Waals surface area contributed by atoms with Crippen molar-refractivity contribution in [2.24, 2.45) is 0 Å². The molecule has 2 aliphatic heterocycles. The molecule has 1 spiro atoms. The maximum Gasteiger partial charge on any atom is 0.315 e. The lowest BCUT2D eigenvalue weighted by Crippen LogP contribution is -2.42. The molecular weight excluding hydrogens is 474 g/mol. The molecule has 1 N–H and O–H groups in total. The van der Waals surface area contributed by atoms with Crippen LogP contribution < -0.4 is 5.32 Å². The van der Waals surface area contributed by atoms with Gasteiger partial charge in [-0.05, 0) is 53.3 Å². The van der Waals surface area contributed by atoms with Gasteiger partial charge < -0.3 is 10.1 Å². The zero-order valence-corrected chi connectivity index (χ0v) is 19.4. The lowest BCUT2D eigenvalue weighted by molar-refractivity contribution is -0.132. The van der Waals surface area contributed by atoms with E-state index in [9.17, 15) is 22.4 Å². The minimum Gasteiger partial charge on any atom is -0.365 e. The van der Waals surface area contributed by atoms with Crippen LogP contribution >= 0.6 is 0 Å². The average Bonchev–Trinajstić information content (AvgIpc) is 3.24. The number of carbonyl (C=O) groups excluding carboxylic acids is 1. The summed E-state index contributed by atoms with van der Waals surface area (Å²) in [4.78, 5) is 18.3. The van der Waals surface area contributed by atoms with Gasteiger partial charge in [-0.2, -0.15) is 8.78 Å². The van der Waals surface area contributed by atoms with Crippen molar-refractivity contribution in [3.8, 4) is 0 Å². The number of fused-ring (bicyclic) bond motifs is 2. The highest BCUT2D eigenvalue weighted by atomic mass is 19.3. The maximum atomic E-state index is 13.8. The Morgan fingerprint density at radius 3 is 2.44 bits per heavy atom. The summed E-state index contributed by atoms with van der Waals surface area (Å²) < 4.78 is 59.2. The van der Waals surface area contributed by atoms with Gasteiger partial charge in [0, 0.05) is 37.6 Å². The van der Waals surface area contributed by atoms with Crippen LogP contribution in [0.5, 0.6) is 0 Å². The summed E-state index contributed by atoms with van der Waals surface area (Å²) in [5, 5.41) is 2.23. The Labute approximate surface area is 206 Å². The van der Waals surface area contributed by atoms with Crippen LogP contribution in [-0.4, -0.2) is 35.3 Å². The number of hydrogen-bond acceptors (Lipinski definition) is 4. The van der Waals surface area contributed by atoms with Crippen molar-refractivity contribution in [3.63, 3.8) is 0 Å². The van der Waals surface area contributed by atoms with Crippen LogP contribution in [0.1, 0.15) is 46.7 Å². The molecule has 2 aromatic carbocycles. The molecule has 1 fully saturated rings. The van der Waals surface area contributed by atoms with Gasteiger partial charge in [-0.3, -0.25) is 14.7 Å². The van der Waals surface area contributed by atoms with Crippen molar-refractivity contribution in [1.29, 1.82) is 0 Å². The Kier molecular flexibility index (Phi) is 6.77. The van der Waals surface area contributed by atoms with Crippen molar-refractivity contribution >= 4 is 5.91 Å². The normalized spacial score (nSPS) is 17.8. The third-order valence-electron chi connectivity index (χ3n) is 7.05. The van der Waals surface area contributed by atoms with E-state index >= 15 is 0 Å². The van der Waals surface area contributed by atoms with Crippen LogP contribution in [0.2, 0.25) is 0 Å². The number of nitrogens with zero attached hydrogens (tertiary/aromatic N) is 2. The molecule has 1 amide bonds. The van der Waals surface area contributed by atoms with E-state index in [-0.39, 0.29) is 11.2 Å². The molecule has 0 saturated carbocycles. The minimum atomic E-state index is -3.23. The first-order chi connectivity index (χ1) is 17.3. The van der Waals surface area contributed by atoms with Crippen LogP contribution in [0.15, 0.2) is 60.9 Å². The number of ether oxygens (including phenoxy) is 1. The standard InChI is InChI=1S/C27H25F4N3O2/c28-22-6-5-19(13-23(22)29)24(33-26(35)25(30)31)18-3-1-17(2-4-18)15-34-11-8-27(9-12-34)21-14-32-10-7-20(21)16-36-27/h1-7,10,13-14,24-25H,8-9,11-12,15-16H2,(H,33,35)/t24-/m0/s1. The fourth-order valence-corrected chi connectivity index (χ4v) is 5.07. The second-order valence-corrected chi connectivity index (χ2v) is 9.25. The summed E-state index contributed by atoms with van der Waals surface area (Å²) in [6.45, 7) is 2.99. The molecule has 2 aliphatic rings. The summed E-state index contributed by atoms with van der Waals surface area (Å²) in [5.41, 5.74) is 3.77. The number of hydrogen-bond donors (Lipinski definition) is 1. The van der Waals surface area contributed by atoms with Gasteiger partial charge >= 0.3 is 6.43 Å². The molecule has 0 radical (unpaired) electrons. The van der Waals surface area contributed by atoms with E-state index < -0.39 is 30.0 Å². The predicted molar refractivity (Wildman–Crippen MR) is 124 cm³/mol. The second kappa shape index (κ2) is 9.99. The van der Waals surface area contributed by atoms with Crippen LogP contribution in [0, 0.1) is 11.6 Å². The average molecular weight is 500 g/mol. The van der Waals surface area contributed by atoms with Gasteiger partial charge in [0.05, 0.1) is 18.2 Å². The molecule has 3 heterocycles. The molecule has 0 unspecified atom stereocenters. The number of piperidine rings is 1. The lowest BCUT2D eigenvalue weighted by atomic mass is 9.84. The van der Waals surface area contributed by atoms with Crippen molar-refractivity contribution in [1.82, 2.24) is 15.2 Å². The fourth-order valence-electron chi connectivity index (χ4n) is 5.07. The second-order valence-electron chi connectivity index (χ2n) is 9.25. The summed E-state index contributed by atoms with van der Waals surface area (Å²) in [6, 6.07) is 11.2. The van der Waals surface area contributed by atoms with Crippen LogP contribution in [0.4, 0.5) is 17.6 Å². The van der Waals surface area contributed by atoms with E-state index in [0.29, 0.717) is 18.7 Å². The summed E-state index contributed by atoms with van der Waals surface area (Å²) >= 11 is 0. The van der Waals surface area contributed by atoms with Crippen molar-refractivity contribution < 1.29 is 27.1 Å². The number of nitrogens with one attached hydrogen (secondary N) is 1. The van der Waals surface area contributed by atoms with Crippen LogP contribution in [0.3, 0.4) is 0 Å². The van der Waals surface area contributed by atoms with Gasteiger partial charge in [0.25, 0.3) is 5.91 Å². The highest BCUT2D eigenvalue weighted by Crippen LogP contribution is 2.43. The van der Waals surface area contributed by atoms with Crippen molar-refractivity contribution in [2.75, 3.05) is 13.1 Å². The number of aromatic nitrogens is 1. The van der Waals surface area contributed by atoms with Gasteiger partial charge in [0.1, 0.15) is 0 Å². The van der Waals surface area contributed by atoms with E-state index in [1.165, 1.54) is 17.2 Å². The Bertz CT molecular complexity index is 1240. The topological polar surface area (TPSA) is 54.5 Å². The molecule has 1 atom stereocenters. The zero-order valence-electron chi connectivity index (χ0n) is 19.4. The highest BCUT2D eigenvalue weighted by Gasteiger charge is 2.42. The number of rotatable bonds is 6. The van der Waals surface area contributed by atoms with E-state index in [1.807, 2.05) is 24.4 Å². The molecule has 5 nitrogen and oxygen atoms in total. The number of benzene rings is 2. The third-order valence-corrected chi connectivity index (χ3v) is 7.05. The van der Waals surface area contributed by atoms with E-state index in [4.69, 9.17) is 4.74 Å². The molecule has 1 aromatic heterocycles. The van der Waals surface area contributed by atoms with E-state index in [0.717, 1.165) is 43.6 Å². The van der Waals surface area contributed by atoms with Crippen molar-refractivity contribution in [3.05, 3.63) is 100 Å². The molecule has 3 aromatic rings. The summed E-state index contributed by atoms with van der Waals surface area (Å²) in [6.07, 6.45) is 2.19. The molecule has 36 heavy (non-hydrogen) atoms. The first-order valence-corrected chi connectivity index (χ1v) is 11.8. The smallest absolute Gasteiger partial charge is 0.315 e. The predicted octanol–water partition coefficient (Wildman–Crippen LogP) is 4.85. The number of amides is 1. The zero-order chi connectivity index (χ0) is 25.3. The third kappa shape index (κ3) is 4.85. The molecule has 9 heteroatoms. The first-order valence-electron chi connectivity index (χ1n) is 11.8. The molecule has 5 rings (SSSR count). The lowest BCUT2D eigenvalue weighted by Gasteiger charge is -2.39. The van der Waals surface area contributed by atoms with Gasteiger partial charge in [-0.25, -0.2) is 8.78 Å². The number of likely N-dealkylation sites (tertiary alicyclic amines) is 1. The van der Waals surface area contributed by atoms with Gasteiger partial charge in [-0.15, -0.1) is 0 Å². The summed E-state index contributed by atoms with van der Waals surface area (Å²) in [5.74, 6) is -3.66. The Morgan fingerprint density at radius 2 is 1.75 bits per heavy atom. The molecular formula is C27H25F4N3O2. The fraction of sp³-hybridized carbons (Fsp3) is 0.333. The largest absolute Gasteiger partial charge is 0.365 e. The highest BCUT2D eigenvalue weighted by molar-refractivity contribution is 5.80. The van der Waals surface area contributed by atoms with E-state index in [2.05, 4.69) is 15.2 Å². The number of halogens is 4. The van der Waals surface area contributed by atoms with E-state index in [1.54, 1.807) is 18.3 Å². The summed E-state index contributed by atoms with van der Waals surface area (Å²) in [7, 11) is 0. The number of carbonyl (C=O) groups is 1. The molecule has 0 bridgehead atoms. The molecule has 188 valence electrons. The number of pyridine rings is 1. The van der Waals surface area contributed by atoms with Gasteiger partial charge in [-0.1, -0.05) is 30.3 Å². The maximum absolute atomic E-state index is 13.8. The van der Waals surface area contributed by atoms with Crippen LogP contribution in [-0.2, 0) is 28.3 Å². The SMILES string of the molecule is O=C(N[C@@H](c1ccc(CN2CCC3(CC2)OCc2ccncc23)cc1)c1ccc(F)c(F)c1)C(F)F. The van der Waals surface area contributed by atoms with Crippen LogP contribution in [0.25, 0.3) is 0 Å². The quantitative estimate of drug-likeness (QED) is 0.493. The van der Waals surface area contributed by atoms with Gasteiger partial charge in [0.2, 0.25) is 0 Å². The Balaban J connectivity index is 1.27. The monoisotopic (exact) mass is 499 g/mol. The molecule has 0 aliphatic carbocycles. The molecule has 1 saturated heterocycles. The first kappa shape index (κ1) is 24.4. The Hall–Kier alpha value is -3.30.